The summed E-state index contributed by atoms with van der Waals surface area (Å²) in [4.78, 5) is 10.9. The molecule has 180 valence electrons. The number of sulfone groups is 1. The summed E-state index contributed by atoms with van der Waals surface area (Å²) in [5.74, 6) is 0.243. The van der Waals surface area contributed by atoms with Gasteiger partial charge in [0.1, 0.15) is 6.17 Å². The molecule has 2 atom stereocenters. The highest BCUT2D eigenvalue weighted by Crippen LogP contribution is 2.40. The summed E-state index contributed by atoms with van der Waals surface area (Å²) in [5, 5.41) is 9.23. The van der Waals surface area contributed by atoms with Crippen LogP contribution < -0.4 is 5.32 Å². The molecule has 2 aliphatic heterocycles. The van der Waals surface area contributed by atoms with Crippen LogP contribution >= 0.6 is 23.2 Å². The quantitative estimate of drug-likeness (QED) is 0.536. The predicted molar refractivity (Wildman–Crippen MR) is 130 cm³/mol. The van der Waals surface area contributed by atoms with Gasteiger partial charge in [-0.2, -0.15) is 5.10 Å². The number of anilines is 2. The molecule has 0 radical (unpaired) electrons. The minimum Gasteiger partial charge on any atom is -0.320 e. The minimum atomic E-state index is -2.94. The molecule has 1 aliphatic carbocycles. The molecule has 3 fully saturated rings. The van der Waals surface area contributed by atoms with Gasteiger partial charge in [0.2, 0.25) is 5.95 Å². The third kappa shape index (κ3) is 4.14. The lowest BCUT2D eigenvalue weighted by molar-refractivity contribution is 0.0912. The summed E-state index contributed by atoms with van der Waals surface area (Å²) in [5.41, 5.74) is 2.01. The van der Waals surface area contributed by atoms with Crippen LogP contribution in [-0.2, 0) is 9.84 Å². The van der Waals surface area contributed by atoms with Gasteiger partial charge < -0.3 is 5.32 Å². The van der Waals surface area contributed by atoms with Crippen LogP contribution in [0.3, 0.4) is 0 Å². The van der Waals surface area contributed by atoms with Gasteiger partial charge in [0.05, 0.1) is 34.9 Å². The monoisotopic (exact) mass is 524 g/mol. The SMILES string of the molecule is O=S1(=O)CC(N2CC[C@@H](c3cc4nc(Nc5cnn(C6CC6)c5Cl)ncc4cc3Cl)[C@H](F)C2)C1. The Morgan fingerprint density at radius 3 is 2.59 bits per heavy atom. The van der Waals surface area contributed by atoms with Crippen molar-refractivity contribution in [1.29, 1.82) is 0 Å². The number of likely N-dealkylation sites (tertiary alicyclic amines) is 1. The van der Waals surface area contributed by atoms with Crippen molar-refractivity contribution in [3.05, 3.63) is 40.3 Å². The van der Waals surface area contributed by atoms with E-state index >= 15 is 4.39 Å². The second kappa shape index (κ2) is 8.29. The van der Waals surface area contributed by atoms with Gasteiger partial charge in [-0.25, -0.2) is 27.5 Å². The lowest BCUT2D eigenvalue weighted by Crippen LogP contribution is -2.57. The third-order valence-electron chi connectivity index (χ3n) is 6.95. The predicted octanol–water partition coefficient (Wildman–Crippen LogP) is 4.14. The fourth-order valence-electron chi connectivity index (χ4n) is 4.90. The molecule has 3 aliphatic rings. The van der Waals surface area contributed by atoms with Gasteiger partial charge in [0.25, 0.3) is 0 Å². The minimum absolute atomic E-state index is 0.0752. The maximum Gasteiger partial charge on any atom is 0.227 e. The number of fused-ring (bicyclic) bond motifs is 1. The fraction of sp³-hybridized carbons (Fsp3) is 0.500. The number of benzene rings is 1. The molecule has 34 heavy (non-hydrogen) atoms. The molecular formula is C22H23Cl2FN6O2S. The second-order valence-corrected chi connectivity index (χ2v) is 12.3. The summed E-state index contributed by atoms with van der Waals surface area (Å²) in [7, 11) is -2.94. The highest BCUT2D eigenvalue weighted by molar-refractivity contribution is 7.92. The zero-order chi connectivity index (χ0) is 23.6. The number of nitrogens with zero attached hydrogens (tertiary/aromatic N) is 5. The van der Waals surface area contributed by atoms with E-state index in [4.69, 9.17) is 23.2 Å². The van der Waals surface area contributed by atoms with Crippen molar-refractivity contribution in [2.45, 2.75) is 43.4 Å². The van der Waals surface area contributed by atoms with Crippen molar-refractivity contribution in [3.8, 4) is 0 Å². The van der Waals surface area contributed by atoms with Crippen molar-refractivity contribution in [2.75, 3.05) is 29.9 Å². The van der Waals surface area contributed by atoms with E-state index in [2.05, 4.69) is 20.4 Å². The first kappa shape index (κ1) is 22.5. The van der Waals surface area contributed by atoms with E-state index in [9.17, 15) is 8.42 Å². The van der Waals surface area contributed by atoms with Crippen molar-refractivity contribution < 1.29 is 12.8 Å². The van der Waals surface area contributed by atoms with E-state index < -0.39 is 16.0 Å². The Balaban J connectivity index is 1.22. The Morgan fingerprint density at radius 1 is 1.09 bits per heavy atom. The van der Waals surface area contributed by atoms with E-state index in [1.807, 2.05) is 11.0 Å². The van der Waals surface area contributed by atoms with Gasteiger partial charge in [-0.05, 0) is 43.5 Å². The number of alkyl halides is 1. The molecule has 8 nitrogen and oxygen atoms in total. The molecular weight excluding hydrogens is 502 g/mol. The van der Waals surface area contributed by atoms with E-state index in [1.54, 1.807) is 23.1 Å². The summed E-state index contributed by atoms with van der Waals surface area (Å²) >= 11 is 13.0. The maximum atomic E-state index is 15.2. The number of aromatic nitrogens is 4. The number of halogens is 3. The Kier molecular flexibility index (Phi) is 5.47. The van der Waals surface area contributed by atoms with Crippen LogP contribution in [-0.4, -0.2) is 69.9 Å². The molecule has 4 heterocycles. The molecule has 2 saturated heterocycles. The Hall–Kier alpha value is -2.01. The average Bonchev–Trinajstić information content (AvgIpc) is 3.56. The van der Waals surface area contributed by atoms with E-state index in [1.165, 1.54) is 0 Å². The van der Waals surface area contributed by atoms with Crippen LogP contribution in [0.5, 0.6) is 0 Å². The molecule has 0 bridgehead atoms. The van der Waals surface area contributed by atoms with Gasteiger partial charge in [-0.3, -0.25) is 4.90 Å². The van der Waals surface area contributed by atoms with Crippen LogP contribution in [0, 0.1) is 0 Å². The maximum absolute atomic E-state index is 15.2. The number of rotatable bonds is 5. The standard InChI is InChI=1S/C22H23Cl2FN6O2S/c23-17-5-12-7-26-22(29-20-8-27-31(21(20)24)13-1-2-13)28-19(12)6-16(17)15-3-4-30(9-18(15)25)14-10-34(32,33)11-14/h5-8,13-15,18H,1-4,9-11H2,(H,26,28,29)/t15-,18+/m0/s1. The van der Waals surface area contributed by atoms with E-state index in [0.717, 1.165) is 18.2 Å². The molecule has 12 heteroatoms. The van der Waals surface area contributed by atoms with Crippen molar-refractivity contribution in [1.82, 2.24) is 24.6 Å². The first-order chi connectivity index (χ1) is 16.3. The number of hydrogen-bond donors (Lipinski definition) is 1. The zero-order valence-electron chi connectivity index (χ0n) is 18.2. The first-order valence-electron chi connectivity index (χ1n) is 11.3. The van der Waals surface area contributed by atoms with E-state index in [0.29, 0.717) is 51.9 Å². The topological polar surface area (TPSA) is 93.0 Å². The average molecular weight is 525 g/mol. The molecule has 1 N–H and O–H groups in total. The van der Waals surface area contributed by atoms with Gasteiger partial charge in [-0.15, -0.1) is 0 Å². The van der Waals surface area contributed by atoms with Crippen LogP contribution in [0.2, 0.25) is 10.2 Å². The Bertz CT molecular complexity index is 1370. The molecule has 6 rings (SSSR count). The molecule has 3 aromatic rings. The van der Waals surface area contributed by atoms with Crippen molar-refractivity contribution >= 4 is 55.6 Å². The smallest absolute Gasteiger partial charge is 0.227 e. The Morgan fingerprint density at radius 2 is 1.88 bits per heavy atom. The van der Waals surface area contributed by atoms with Gasteiger partial charge in [0, 0.05) is 35.1 Å². The van der Waals surface area contributed by atoms with Crippen LogP contribution in [0.4, 0.5) is 16.0 Å². The van der Waals surface area contributed by atoms with Crippen LogP contribution in [0.1, 0.15) is 36.8 Å². The summed E-state index contributed by atoms with van der Waals surface area (Å²) in [6, 6.07) is 3.89. The number of nitrogens with one attached hydrogen (secondary N) is 1. The molecule has 2 aromatic heterocycles. The highest BCUT2D eigenvalue weighted by atomic mass is 35.5. The first-order valence-corrected chi connectivity index (χ1v) is 13.9. The number of piperidine rings is 1. The fourth-order valence-corrected chi connectivity index (χ4v) is 6.98. The summed E-state index contributed by atoms with van der Waals surface area (Å²) < 4.78 is 40.1. The summed E-state index contributed by atoms with van der Waals surface area (Å²) in [6.07, 6.45) is 4.91. The lowest BCUT2D eigenvalue weighted by atomic mass is 9.87. The lowest BCUT2D eigenvalue weighted by Gasteiger charge is -2.42. The summed E-state index contributed by atoms with van der Waals surface area (Å²) in [6.45, 7) is 0.846. The largest absolute Gasteiger partial charge is 0.320 e. The van der Waals surface area contributed by atoms with Crippen molar-refractivity contribution in [2.24, 2.45) is 0 Å². The van der Waals surface area contributed by atoms with Crippen LogP contribution in [0.25, 0.3) is 10.9 Å². The van der Waals surface area contributed by atoms with Gasteiger partial charge in [0.15, 0.2) is 15.0 Å². The van der Waals surface area contributed by atoms with Crippen LogP contribution in [0.15, 0.2) is 24.5 Å². The molecule has 0 unspecified atom stereocenters. The molecule has 1 saturated carbocycles. The number of hydrogen-bond acceptors (Lipinski definition) is 7. The molecule has 0 amide bonds. The Labute approximate surface area is 206 Å². The van der Waals surface area contributed by atoms with Gasteiger partial charge >= 0.3 is 0 Å². The normalized spacial score (nSPS) is 25.4. The molecule has 1 aromatic carbocycles. The van der Waals surface area contributed by atoms with Crippen molar-refractivity contribution in [3.63, 3.8) is 0 Å². The van der Waals surface area contributed by atoms with E-state index in [-0.39, 0.29) is 30.0 Å². The third-order valence-corrected chi connectivity index (χ3v) is 9.44. The zero-order valence-corrected chi connectivity index (χ0v) is 20.5. The molecule has 0 spiro atoms. The highest BCUT2D eigenvalue weighted by Gasteiger charge is 2.42. The van der Waals surface area contributed by atoms with Gasteiger partial charge in [-0.1, -0.05) is 23.2 Å². The second-order valence-electron chi connectivity index (χ2n) is 9.41.